The Morgan fingerprint density at radius 3 is 2.00 bits per heavy atom. The molecule has 0 saturated heterocycles. The highest BCUT2D eigenvalue weighted by Gasteiger charge is 2.39. The van der Waals surface area contributed by atoms with E-state index < -0.39 is 48.4 Å². The van der Waals surface area contributed by atoms with E-state index in [0.29, 0.717) is 0 Å². The van der Waals surface area contributed by atoms with Crippen LogP contribution in [0.3, 0.4) is 0 Å². The quantitative estimate of drug-likeness (QED) is 0.293. The number of carbonyl (C=O) groups is 5. The third kappa shape index (κ3) is 3.96. The molecule has 0 N–H and O–H groups in total. The van der Waals surface area contributed by atoms with E-state index in [1.165, 1.54) is 12.1 Å². The summed E-state index contributed by atoms with van der Waals surface area (Å²) in [6.45, 7) is 2.67. The van der Waals surface area contributed by atoms with Crippen LogP contribution in [0.5, 0.6) is 0 Å². The summed E-state index contributed by atoms with van der Waals surface area (Å²) in [6.07, 6.45) is -0.505. The largest absolute Gasteiger partial charge is 0.466 e. The van der Waals surface area contributed by atoms with Crippen LogP contribution in [0, 0.1) is 5.92 Å². The first-order chi connectivity index (χ1) is 12.4. The van der Waals surface area contributed by atoms with Gasteiger partial charge < -0.3 is 9.47 Å². The highest BCUT2D eigenvalue weighted by Crippen LogP contribution is 2.23. The zero-order valence-electron chi connectivity index (χ0n) is 14.5. The number of benzene rings is 1. The molecule has 8 heteroatoms. The SMILES string of the molecule is CCOC(=O)[13CH2]C(C(=O)CN1C(=O)c2ccccc2C1=O)[13C](=O)OCC. The summed E-state index contributed by atoms with van der Waals surface area (Å²) in [7, 11) is 0. The Labute approximate surface area is 150 Å². The van der Waals surface area contributed by atoms with Crippen molar-refractivity contribution in [2.24, 2.45) is 5.92 Å². The summed E-state index contributed by atoms with van der Waals surface area (Å²) >= 11 is 0. The second-order valence-corrected chi connectivity index (χ2v) is 5.52. The van der Waals surface area contributed by atoms with Gasteiger partial charge in [0, 0.05) is 0 Å². The topological polar surface area (TPSA) is 107 Å². The molecule has 2 amide bonds. The second kappa shape index (κ2) is 8.37. The van der Waals surface area contributed by atoms with E-state index in [2.05, 4.69) is 0 Å². The molecule has 1 heterocycles. The molecule has 1 aromatic carbocycles. The molecule has 0 fully saturated rings. The molecule has 1 aliphatic rings. The number of imide groups is 1. The van der Waals surface area contributed by atoms with Gasteiger partial charge in [0.15, 0.2) is 5.78 Å². The van der Waals surface area contributed by atoms with E-state index in [1.54, 1.807) is 26.0 Å². The van der Waals surface area contributed by atoms with Crippen molar-refractivity contribution < 1.29 is 33.4 Å². The monoisotopic (exact) mass is 363 g/mol. The van der Waals surface area contributed by atoms with Crippen LogP contribution in [0.25, 0.3) is 0 Å². The average molecular weight is 363 g/mol. The van der Waals surface area contributed by atoms with E-state index in [-0.39, 0.29) is 24.3 Å². The fourth-order valence-electron chi connectivity index (χ4n) is 2.61. The Kier molecular flexibility index (Phi) is 6.21. The van der Waals surface area contributed by atoms with Crippen molar-refractivity contribution in [3.63, 3.8) is 0 Å². The molecule has 1 atom stereocenters. The third-order valence-corrected chi connectivity index (χ3v) is 3.83. The van der Waals surface area contributed by atoms with Crippen molar-refractivity contribution in [2.45, 2.75) is 20.3 Å². The van der Waals surface area contributed by atoms with Crippen molar-refractivity contribution in [1.29, 1.82) is 0 Å². The van der Waals surface area contributed by atoms with Gasteiger partial charge >= 0.3 is 11.9 Å². The number of carbonyl (C=O) groups excluding carboxylic acids is 5. The number of nitrogens with zero attached hydrogens (tertiary/aromatic N) is 1. The van der Waals surface area contributed by atoms with Gasteiger partial charge in [0.25, 0.3) is 11.8 Å². The maximum atomic E-state index is 12.5. The Morgan fingerprint density at radius 2 is 1.50 bits per heavy atom. The van der Waals surface area contributed by atoms with E-state index in [0.717, 1.165) is 4.90 Å². The van der Waals surface area contributed by atoms with Gasteiger partial charge in [0.1, 0.15) is 5.92 Å². The number of amides is 2. The van der Waals surface area contributed by atoms with Gasteiger partial charge in [0.05, 0.1) is 37.3 Å². The fourth-order valence-corrected chi connectivity index (χ4v) is 2.61. The lowest BCUT2D eigenvalue weighted by molar-refractivity contribution is -0.158. The summed E-state index contributed by atoms with van der Waals surface area (Å²) < 4.78 is 9.60. The van der Waals surface area contributed by atoms with Crippen LogP contribution in [0.2, 0.25) is 0 Å². The minimum Gasteiger partial charge on any atom is -0.466 e. The molecule has 0 aliphatic carbocycles. The zero-order chi connectivity index (χ0) is 19.3. The molecular weight excluding hydrogens is 344 g/mol. The molecule has 0 aromatic heterocycles. The van der Waals surface area contributed by atoms with Crippen molar-refractivity contribution in [2.75, 3.05) is 19.8 Å². The van der Waals surface area contributed by atoms with Gasteiger partial charge in [-0.15, -0.1) is 0 Å². The zero-order valence-corrected chi connectivity index (χ0v) is 14.5. The van der Waals surface area contributed by atoms with Crippen molar-refractivity contribution >= 4 is 29.5 Å². The number of fused-ring (bicyclic) bond motifs is 1. The lowest BCUT2D eigenvalue weighted by Crippen LogP contribution is -2.40. The van der Waals surface area contributed by atoms with Crippen molar-refractivity contribution in [3.8, 4) is 0 Å². The van der Waals surface area contributed by atoms with Gasteiger partial charge in [-0.3, -0.25) is 28.9 Å². The van der Waals surface area contributed by atoms with E-state index in [1.807, 2.05) is 0 Å². The van der Waals surface area contributed by atoms with E-state index in [9.17, 15) is 24.0 Å². The fraction of sp³-hybridized carbons (Fsp3) is 0.389. The lowest BCUT2D eigenvalue weighted by atomic mass is 10.1. The number of hydrogen-bond donors (Lipinski definition) is 0. The molecule has 2 rings (SSSR count). The maximum absolute atomic E-state index is 12.5. The van der Waals surface area contributed by atoms with E-state index in [4.69, 9.17) is 9.47 Å². The average Bonchev–Trinajstić information content (AvgIpc) is 2.85. The highest BCUT2D eigenvalue weighted by atomic mass is 16.6. The summed E-state index contributed by atoms with van der Waals surface area (Å²) in [5.74, 6) is -5.04. The smallest absolute Gasteiger partial charge is 0.317 e. The Hall–Kier alpha value is -3.03. The minimum atomic E-state index is -1.43. The number of esters is 2. The molecular formula is C18H19NO7. The normalized spacial score (nSPS) is 14.0. The number of rotatable bonds is 8. The van der Waals surface area contributed by atoms with E-state index >= 15 is 0 Å². The summed E-state index contributed by atoms with van der Waals surface area (Å²) in [5, 5.41) is 0. The summed E-state index contributed by atoms with van der Waals surface area (Å²) in [4.78, 5) is 61.7. The summed E-state index contributed by atoms with van der Waals surface area (Å²) in [5.41, 5.74) is 0.395. The van der Waals surface area contributed by atoms with Crippen LogP contribution in [-0.4, -0.2) is 54.2 Å². The minimum absolute atomic E-state index is 0.0262. The van der Waals surface area contributed by atoms with Crippen molar-refractivity contribution in [3.05, 3.63) is 35.4 Å². The number of Topliss-reactive ketones (excluding diaryl/α,β-unsaturated/α-hetero) is 1. The standard InChI is InChI=1S/C18H19NO7/c1-3-25-15(21)9-13(18(24)26-4-2)14(20)10-19-16(22)11-7-5-6-8-12(11)17(19)23/h5-8,13H,3-4,9-10H2,1-2H3/i9+1,18+1. The molecule has 0 radical (unpaired) electrons. The van der Waals surface area contributed by atoms with Crippen LogP contribution in [0.15, 0.2) is 24.3 Å². The van der Waals surface area contributed by atoms with Gasteiger partial charge in [-0.25, -0.2) is 0 Å². The second-order valence-electron chi connectivity index (χ2n) is 5.52. The number of ketones is 1. The Balaban J connectivity index is 2.16. The third-order valence-electron chi connectivity index (χ3n) is 3.83. The highest BCUT2D eigenvalue weighted by molar-refractivity contribution is 6.22. The molecule has 0 bridgehead atoms. The molecule has 138 valence electrons. The first-order valence-electron chi connectivity index (χ1n) is 8.20. The van der Waals surface area contributed by atoms with Gasteiger partial charge in [-0.1, -0.05) is 12.1 Å². The van der Waals surface area contributed by atoms with Crippen molar-refractivity contribution in [1.82, 2.24) is 4.90 Å². The number of ether oxygens (including phenoxy) is 2. The lowest BCUT2D eigenvalue weighted by Gasteiger charge is -2.18. The van der Waals surface area contributed by atoms with Crippen LogP contribution in [0.4, 0.5) is 0 Å². The molecule has 1 unspecified atom stereocenters. The molecule has 1 aromatic rings. The van der Waals surface area contributed by atoms with Crippen LogP contribution >= 0.6 is 0 Å². The first-order valence-corrected chi connectivity index (χ1v) is 8.20. The first kappa shape index (κ1) is 19.3. The maximum Gasteiger partial charge on any atom is 0.317 e. The van der Waals surface area contributed by atoms with Crippen LogP contribution < -0.4 is 0 Å². The van der Waals surface area contributed by atoms with Crippen LogP contribution in [-0.2, 0) is 23.9 Å². The Bertz CT molecular complexity index is 721. The molecule has 26 heavy (non-hydrogen) atoms. The van der Waals surface area contributed by atoms with Gasteiger partial charge in [-0.2, -0.15) is 0 Å². The summed E-state index contributed by atoms with van der Waals surface area (Å²) in [6, 6.07) is 6.19. The molecule has 1 aliphatic heterocycles. The Morgan fingerprint density at radius 1 is 0.962 bits per heavy atom. The molecule has 0 spiro atoms. The predicted molar refractivity (Wildman–Crippen MR) is 88.2 cm³/mol. The molecule has 8 nitrogen and oxygen atoms in total. The number of hydrogen-bond acceptors (Lipinski definition) is 7. The predicted octanol–water partition coefficient (Wildman–Crippen LogP) is 0.984. The van der Waals surface area contributed by atoms with Gasteiger partial charge in [-0.05, 0) is 26.0 Å². The molecule has 0 saturated carbocycles. The van der Waals surface area contributed by atoms with Gasteiger partial charge in [0.2, 0.25) is 0 Å². The van der Waals surface area contributed by atoms with Crippen LogP contribution in [0.1, 0.15) is 41.0 Å².